The van der Waals surface area contributed by atoms with Gasteiger partial charge in [0.2, 0.25) is 0 Å². The number of hydrogen-bond acceptors (Lipinski definition) is 2. The Bertz CT molecular complexity index is 1130. The van der Waals surface area contributed by atoms with Gasteiger partial charge in [0.15, 0.2) is 0 Å². The van der Waals surface area contributed by atoms with Crippen molar-refractivity contribution in [3.05, 3.63) is 108 Å². The van der Waals surface area contributed by atoms with E-state index in [0.29, 0.717) is 34.8 Å². The molecule has 0 unspecified atom stereocenters. The Morgan fingerprint density at radius 3 is 2.26 bits per heavy atom. The summed E-state index contributed by atoms with van der Waals surface area (Å²) in [5.41, 5.74) is 1.36. The molecule has 5 heteroatoms. The summed E-state index contributed by atoms with van der Waals surface area (Å²) in [7, 11) is 1.50. The van der Waals surface area contributed by atoms with E-state index in [1.165, 1.54) is 19.2 Å². The predicted molar refractivity (Wildman–Crippen MR) is 115 cm³/mol. The van der Waals surface area contributed by atoms with Crippen LogP contribution in [0.25, 0.3) is 16.7 Å². The summed E-state index contributed by atoms with van der Waals surface area (Å²) < 4.78 is 52.4. The molecule has 0 heterocycles. The van der Waals surface area contributed by atoms with Crippen molar-refractivity contribution in [2.24, 2.45) is 0 Å². The molecule has 0 saturated heterocycles. The minimum absolute atomic E-state index is 0.110. The Morgan fingerprint density at radius 2 is 1.52 bits per heavy atom. The lowest BCUT2D eigenvalue weighted by atomic mass is 9.88. The number of methoxy groups -OCH3 is 1. The molecule has 0 saturated carbocycles. The number of ether oxygens (including phenoxy) is 2. The molecule has 0 atom stereocenters. The van der Waals surface area contributed by atoms with Gasteiger partial charge in [-0.1, -0.05) is 42.5 Å². The predicted octanol–water partition coefficient (Wildman–Crippen LogP) is 7.34. The van der Waals surface area contributed by atoms with Gasteiger partial charge in [-0.2, -0.15) is 13.2 Å². The van der Waals surface area contributed by atoms with Crippen LogP contribution in [0.5, 0.6) is 11.5 Å². The standard InChI is InChI=1S/C26H20F3O2/c1-30-20-14-15-22(24(17-20)23-12-5-6-13-25(23)26(27,28)29)18-8-7-11-21(16-18)31-19-9-3-2-4-10-19/h2-6,8-17H,7H2,1H3. The summed E-state index contributed by atoms with van der Waals surface area (Å²) in [6.45, 7) is 0. The summed E-state index contributed by atoms with van der Waals surface area (Å²) in [6, 6.07) is 20.1. The van der Waals surface area contributed by atoms with Crippen LogP contribution in [0, 0.1) is 6.42 Å². The van der Waals surface area contributed by atoms with Gasteiger partial charge >= 0.3 is 6.18 Å². The van der Waals surface area contributed by atoms with Crippen molar-refractivity contribution in [1.82, 2.24) is 0 Å². The number of benzene rings is 3. The maximum Gasteiger partial charge on any atom is 0.417 e. The van der Waals surface area contributed by atoms with Crippen LogP contribution in [0.1, 0.15) is 17.5 Å². The van der Waals surface area contributed by atoms with Crippen LogP contribution in [0.3, 0.4) is 0 Å². The summed E-state index contributed by atoms with van der Waals surface area (Å²) in [5, 5.41) is 0. The summed E-state index contributed by atoms with van der Waals surface area (Å²) in [5.74, 6) is 1.83. The van der Waals surface area contributed by atoms with Gasteiger partial charge in [-0.25, -0.2) is 0 Å². The van der Waals surface area contributed by atoms with Crippen LogP contribution >= 0.6 is 0 Å². The van der Waals surface area contributed by atoms with Crippen molar-refractivity contribution in [2.45, 2.75) is 12.6 Å². The Hall–Kier alpha value is -3.47. The topological polar surface area (TPSA) is 18.5 Å². The van der Waals surface area contributed by atoms with Crippen molar-refractivity contribution >= 4 is 5.57 Å². The van der Waals surface area contributed by atoms with Crippen LogP contribution in [-0.2, 0) is 6.18 Å². The number of rotatable bonds is 5. The molecule has 0 bridgehead atoms. The van der Waals surface area contributed by atoms with Gasteiger partial charge in [-0.05, 0) is 77.6 Å². The van der Waals surface area contributed by atoms with E-state index in [1.807, 2.05) is 48.9 Å². The molecular weight excluding hydrogens is 401 g/mol. The molecule has 157 valence electrons. The first kappa shape index (κ1) is 20.8. The number of para-hydroxylation sites is 1. The third kappa shape index (κ3) is 4.66. The average Bonchev–Trinajstić information content (AvgIpc) is 2.79. The fourth-order valence-electron chi connectivity index (χ4n) is 3.55. The van der Waals surface area contributed by atoms with Gasteiger partial charge in [-0.3, -0.25) is 0 Å². The minimum atomic E-state index is -4.47. The molecule has 3 aromatic rings. The average molecular weight is 421 g/mol. The second-order valence-electron chi connectivity index (χ2n) is 7.02. The van der Waals surface area contributed by atoms with Gasteiger partial charge in [0.05, 0.1) is 12.7 Å². The second-order valence-corrected chi connectivity index (χ2v) is 7.02. The fourth-order valence-corrected chi connectivity index (χ4v) is 3.55. The summed E-state index contributed by atoms with van der Waals surface area (Å²) in [6.07, 6.45) is 1.89. The first-order valence-electron chi connectivity index (χ1n) is 9.78. The summed E-state index contributed by atoms with van der Waals surface area (Å²) >= 11 is 0. The van der Waals surface area contributed by atoms with Gasteiger partial charge in [0, 0.05) is 0 Å². The fraction of sp³-hybridized carbons (Fsp3) is 0.115. The van der Waals surface area contributed by atoms with Crippen LogP contribution in [0.15, 0.2) is 90.7 Å². The highest BCUT2D eigenvalue weighted by Gasteiger charge is 2.34. The highest BCUT2D eigenvalue weighted by atomic mass is 19.4. The minimum Gasteiger partial charge on any atom is -0.497 e. The highest BCUT2D eigenvalue weighted by Crippen LogP contribution is 2.42. The van der Waals surface area contributed by atoms with Gasteiger partial charge in [0.1, 0.15) is 17.3 Å². The van der Waals surface area contributed by atoms with E-state index in [4.69, 9.17) is 9.47 Å². The van der Waals surface area contributed by atoms with Crippen molar-refractivity contribution in [3.63, 3.8) is 0 Å². The van der Waals surface area contributed by atoms with Gasteiger partial charge < -0.3 is 9.47 Å². The third-order valence-electron chi connectivity index (χ3n) is 4.99. The smallest absolute Gasteiger partial charge is 0.417 e. The monoisotopic (exact) mass is 421 g/mol. The normalized spacial score (nSPS) is 13.9. The zero-order valence-corrected chi connectivity index (χ0v) is 16.8. The first-order valence-corrected chi connectivity index (χ1v) is 9.78. The third-order valence-corrected chi connectivity index (χ3v) is 4.99. The number of alkyl halides is 3. The molecule has 31 heavy (non-hydrogen) atoms. The van der Waals surface area contributed by atoms with Crippen molar-refractivity contribution in [2.75, 3.05) is 7.11 Å². The SMILES string of the molecule is COc1ccc(C2=CC(Oc3ccccc3)=CC[CH]2)c(-c2ccccc2C(F)(F)F)c1. The van der Waals surface area contributed by atoms with Gasteiger partial charge in [-0.15, -0.1) is 0 Å². The molecule has 0 aromatic heterocycles. The van der Waals surface area contributed by atoms with E-state index in [0.717, 1.165) is 11.6 Å². The Kier molecular flexibility index (Phi) is 5.85. The van der Waals surface area contributed by atoms with Crippen molar-refractivity contribution in [1.29, 1.82) is 0 Å². The lowest BCUT2D eigenvalue weighted by Gasteiger charge is -2.20. The van der Waals surface area contributed by atoms with Crippen molar-refractivity contribution < 1.29 is 22.6 Å². The number of halogens is 3. The molecule has 1 aliphatic rings. The van der Waals surface area contributed by atoms with E-state index in [-0.39, 0.29) is 5.56 Å². The van der Waals surface area contributed by atoms with E-state index in [1.54, 1.807) is 24.3 Å². The Labute approximate surface area is 179 Å². The van der Waals surface area contributed by atoms with Gasteiger partial charge in [0.25, 0.3) is 0 Å². The lowest BCUT2D eigenvalue weighted by molar-refractivity contribution is -0.137. The van der Waals surface area contributed by atoms with Crippen LogP contribution in [0.4, 0.5) is 13.2 Å². The molecule has 0 N–H and O–H groups in total. The molecule has 0 spiro atoms. The Balaban J connectivity index is 1.79. The van der Waals surface area contributed by atoms with Crippen LogP contribution in [0.2, 0.25) is 0 Å². The maximum absolute atomic E-state index is 13.7. The quantitative estimate of drug-likeness (QED) is 0.429. The molecule has 1 radical (unpaired) electrons. The van der Waals surface area contributed by atoms with Crippen LogP contribution < -0.4 is 9.47 Å². The molecule has 2 nitrogen and oxygen atoms in total. The van der Waals surface area contributed by atoms with Crippen molar-refractivity contribution in [3.8, 4) is 22.6 Å². The maximum atomic E-state index is 13.7. The molecule has 0 aliphatic heterocycles. The zero-order valence-electron chi connectivity index (χ0n) is 16.8. The molecule has 4 rings (SSSR count). The van der Waals surface area contributed by atoms with Crippen LogP contribution in [-0.4, -0.2) is 7.11 Å². The number of hydrogen-bond donors (Lipinski definition) is 0. The molecule has 3 aromatic carbocycles. The largest absolute Gasteiger partial charge is 0.497 e. The van der Waals surface area contributed by atoms with E-state index >= 15 is 0 Å². The van der Waals surface area contributed by atoms with E-state index < -0.39 is 11.7 Å². The number of allylic oxidation sites excluding steroid dienone is 3. The van der Waals surface area contributed by atoms with E-state index in [2.05, 4.69) is 0 Å². The summed E-state index contributed by atoms with van der Waals surface area (Å²) in [4.78, 5) is 0. The molecular formula is C26H20F3O2. The second kappa shape index (κ2) is 8.72. The zero-order chi connectivity index (χ0) is 21.8. The molecule has 0 fully saturated rings. The molecule has 0 amide bonds. The highest BCUT2D eigenvalue weighted by molar-refractivity contribution is 5.87. The lowest BCUT2D eigenvalue weighted by Crippen LogP contribution is -2.08. The van der Waals surface area contributed by atoms with E-state index in [9.17, 15) is 13.2 Å². The first-order chi connectivity index (χ1) is 15.0. The molecule has 1 aliphatic carbocycles. The Morgan fingerprint density at radius 1 is 0.774 bits per heavy atom.